The van der Waals surface area contributed by atoms with Crippen LogP contribution in [-0.2, 0) is 34.0 Å². The Morgan fingerprint density at radius 3 is 2.57 bits per heavy atom. The van der Waals surface area contributed by atoms with E-state index in [9.17, 15) is 0 Å². The average Bonchev–Trinajstić information content (AvgIpc) is 3.81. The van der Waals surface area contributed by atoms with Gasteiger partial charge in [0.05, 0.1) is 13.2 Å². The van der Waals surface area contributed by atoms with Gasteiger partial charge in [0.15, 0.2) is 12.1 Å². The molecule has 1 N–H and O–H groups in total. The highest BCUT2D eigenvalue weighted by atomic mass is 16.7. The van der Waals surface area contributed by atoms with Crippen LogP contribution in [0, 0.1) is 11.8 Å². The lowest BCUT2D eigenvalue weighted by atomic mass is 10.1. The quantitative estimate of drug-likeness (QED) is 0.224. The van der Waals surface area contributed by atoms with Crippen LogP contribution in [0.2, 0.25) is 0 Å². The number of hydrogen-bond donors (Lipinski definition) is 1. The molecule has 1 aliphatic heterocycles. The molecular formula is C32H32N6O4. The van der Waals surface area contributed by atoms with Crippen molar-refractivity contribution in [1.29, 1.82) is 0 Å². The molecule has 0 aliphatic carbocycles. The largest absolute Gasteiger partial charge is 0.369 e. The Hall–Kier alpha value is -4.56. The van der Waals surface area contributed by atoms with Gasteiger partial charge in [-0.15, -0.1) is 0 Å². The zero-order valence-electron chi connectivity index (χ0n) is 23.4. The van der Waals surface area contributed by atoms with Gasteiger partial charge in [0.25, 0.3) is 0 Å². The third-order valence-electron chi connectivity index (χ3n) is 6.94. The normalized spacial score (nSPS) is 15.7. The van der Waals surface area contributed by atoms with Crippen molar-refractivity contribution in [2.75, 3.05) is 6.61 Å². The molecule has 10 nitrogen and oxygen atoms in total. The minimum Gasteiger partial charge on any atom is -0.369 e. The topological polar surface area (TPSA) is 113 Å². The highest BCUT2D eigenvalue weighted by Gasteiger charge is 2.21. The Morgan fingerprint density at radius 2 is 1.83 bits per heavy atom. The molecule has 3 aromatic heterocycles. The van der Waals surface area contributed by atoms with Crippen molar-refractivity contribution in [3.63, 3.8) is 0 Å². The van der Waals surface area contributed by atoms with Gasteiger partial charge in [-0.3, -0.25) is 5.10 Å². The molecule has 4 heterocycles. The summed E-state index contributed by atoms with van der Waals surface area (Å²) in [6, 6.07) is 17.9. The Labute approximate surface area is 244 Å². The summed E-state index contributed by atoms with van der Waals surface area (Å²) in [5.41, 5.74) is 4.66. The van der Waals surface area contributed by atoms with Gasteiger partial charge in [-0.25, -0.2) is 9.97 Å². The molecule has 2 aromatic carbocycles. The summed E-state index contributed by atoms with van der Waals surface area (Å²) in [4.78, 5) is 8.56. The van der Waals surface area contributed by atoms with Gasteiger partial charge in [-0.05, 0) is 68.1 Å². The second-order valence-corrected chi connectivity index (χ2v) is 10.1. The van der Waals surface area contributed by atoms with E-state index in [1.54, 1.807) is 6.20 Å². The predicted molar refractivity (Wildman–Crippen MR) is 154 cm³/mol. The second-order valence-electron chi connectivity index (χ2n) is 10.1. The fourth-order valence-electron chi connectivity index (χ4n) is 4.73. The van der Waals surface area contributed by atoms with Crippen LogP contribution < -0.4 is 0 Å². The standard InChI is InChI=1S/C32H32N6O4/c1-23(41-31-4-2-3-17-40-31)32-33-15-16-38(32)19-28-18-29(42-37-28)27-13-11-25(12-14-27)6-5-24-7-9-26(10-8-24)20-39-21-30-34-22-35-36-30/h7-16,18,22-23,31H,2-4,17,19-21H2,1H3,(H,34,35,36)/t23-,31?/m0/s1. The van der Waals surface area contributed by atoms with Crippen molar-refractivity contribution in [2.24, 2.45) is 0 Å². The lowest BCUT2D eigenvalue weighted by Crippen LogP contribution is -2.24. The molecule has 2 atom stereocenters. The SMILES string of the molecule is C[C@H](OC1CCCCO1)c1nccn1Cc1cc(-c2ccc(C#Cc3ccc(COCc4ncn[nH]4)cc3)cc2)on1. The molecule has 0 spiro atoms. The van der Waals surface area contributed by atoms with Gasteiger partial charge >= 0.3 is 0 Å². The van der Waals surface area contributed by atoms with Crippen molar-refractivity contribution < 1.29 is 18.7 Å². The van der Waals surface area contributed by atoms with Crippen LogP contribution >= 0.6 is 0 Å². The summed E-state index contributed by atoms with van der Waals surface area (Å²) in [5.74, 6) is 8.68. The molecule has 1 saturated heterocycles. The molecule has 1 unspecified atom stereocenters. The van der Waals surface area contributed by atoms with Crippen LogP contribution in [-0.4, -0.2) is 42.8 Å². The van der Waals surface area contributed by atoms with E-state index in [2.05, 4.69) is 37.2 Å². The highest BCUT2D eigenvalue weighted by molar-refractivity contribution is 5.59. The van der Waals surface area contributed by atoms with Gasteiger partial charge in [0.1, 0.15) is 36.4 Å². The van der Waals surface area contributed by atoms with E-state index in [1.165, 1.54) is 6.33 Å². The van der Waals surface area contributed by atoms with Crippen LogP contribution in [0.4, 0.5) is 0 Å². The summed E-state index contributed by atoms with van der Waals surface area (Å²) < 4.78 is 25.2. The molecule has 10 heteroatoms. The van der Waals surface area contributed by atoms with E-state index in [0.717, 1.165) is 59.6 Å². The van der Waals surface area contributed by atoms with E-state index in [0.29, 0.717) is 31.3 Å². The summed E-state index contributed by atoms with van der Waals surface area (Å²) >= 11 is 0. The fourth-order valence-corrected chi connectivity index (χ4v) is 4.73. The first-order chi connectivity index (χ1) is 20.7. The molecule has 0 amide bonds. The minimum absolute atomic E-state index is 0.173. The van der Waals surface area contributed by atoms with Crippen molar-refractivity contribution in [2.45, 2.75) is 58.3 Å². The van der Waals surface area contributed by atoms with Gasteiger partial charge in [0, 0.05) is 41.8 Å². The molecule has 214 valence electrons. The lowest BCUT2D eigenvalue weighted by Gasteiger charge is -2.26. The number of benzene rings is 2. The van der Waals surface area contributed by atoms with Crippen LogP contribution in [0.15, 0.2) is 77.8 Å². The zero-order valence-corrected chi connectivity index (χ0v) is 23.4. The summed E-state index contributed by atoms with van der Waals surface area (Å²) in [5, 5.41) is 10.9. The molecule has 1 fully saturated rings. The van der Waals surface area contributed by atoms with E-state index in [4.69, 9.17) is 18.7 Å². The van der Waals surface area contributed by atoms with Crippen molar-refractivity contribution in [3.8, 4) is 23.2 Å². The highest BCUT2D eigenvalue weighted by Crippen LogP contribution is 2.25. The third-order valence-corrected chi connectivity index (χ3v) is 6.94. The van der Waals surface area contributed by atoms with Crippen LogP contribution in [0.3, 0.4) is 0 Å². The maximum Gasteiger partial charge on any atom is 0.167 e. The molecule has 6 rings (SSSR count). The summed E-state index contributed by atoms with van der Waals surface area (Å²) in [6.45, 7) is 4.17. The molecular weight excluding hydrogens is 532 g/mol. The fraction of sp³-hybridized carbons (Fsp3) is 0.312. The van der Waals surface area contributed by atoms with Crippen LogP contribution in [0.1, 0.15) is 66.3 Å². The summed E-state index contributed by atoms with van der Waals surface area (Å²) in [6.07, 6.45) is 7.94. The van der Waals surface area contributed by atoms with Gasteiger partial charge in [-0.1, -0.05) is 29.1 Å². The monoisotopic (exact) mass is 564 g/mol. The molecule has 0 radical (unpaired) electrons. The smallest absolute Gasteiger partial charge is 0.167 e. The van der Waals surface area contributed by atoms with Crippen molar-refractivity contribution >= 4 is 0 Å². The third kappa shape index (κ3) is 7.19. The maximum atomic E-state index is 6.11. The van der Waals surface area contributed by atoms with Crippen LogP contribution in [0.5, 0.6) is 0 Å². The number of aromatic nitrogens is 6. The van der Waals surface area contributed by atoms with E-state index in [1.807, 2.05) is 72.3 Å². The van der Waals surface area contributed by atoms with E-state index in [-0.39, 0.29) is 12.4 Å². The number of rotatable bonds is 10. The Balaban J connectivity index is 1.03. The first-order valence-electron chi connectivity index (χ1n) is 14.1. The summed E-state index contributed by atoms with van der Waals surface area (Å²) in [7, 11) is 0. The Morgan fingerprint density at radius 1 is 1.02 bits per heavy atom. The molecule has 5 aromatic rings. The van der Waals surface area contributed by atoms with Crippen molar-refractivity contribution in [3.05, 3.63) is 107 Å². The Kier molecular flexibility index (Phi) is 8.81. The zero-order chi connectivity index (χ0) is 28.6. The predicted octanol–water partition coefficient (Wildman–Crippen LogP) is 5.43. The number of nitrogens with zero attached hydrogens (tertiary/aromatic N) is 5. The number of imidazole rings is 1. The first kappa shape index (κ1) is 27.6. The van der Waals surface area contributed by atoms with Gasteiger partial charge in [-0.2, -0.15) is 5.10 Å². The second kappa shape index (κ2) is 13.4. The molecule has 42 heavy (non-hydrogen) atoms. The van der Waals surface area contributed by atoms with E-state index < -0.39 is 0 Å². The lowest BCUT2D eigenvalue weighted by molar-refractivity contribution is -0.188. The van der Waals surface area contributed by atoms with E-state index >= 15 is 0 Å². The van der Waals surface area contributed by atoms with Crippen molar-refractivity contribution in [1.82, 2.24) is 29.9 Å². The minimum atomic E-state index is -0.189. The number of nitrogens with one attached hydrogen (secondary N) is 1. The Bertz CT molecular complexity index is 1610. The number of aromatic amines is 1. The number of hydrogen-bond acceptors (Lipinski definition) is 8. The first-order valence-corrected chi connectivity index (χ1v) is 14.1. The maximum absolute atomic E-state index is 6.11. The van der Waals surface area contributed by atoms with Gasteiger partial charge < -0.3 is 23.3 Å². The number of ether oxygens (including phenoxy) is 3. The molecule has 0 bridgehead atoms. The number of H-pyrrole nitrogens is 1. The average molecular weight is 565 g/mol. The molecule has 0 saturated carbocycles. The van der Waals surface area contributed by atoms with Crippen LogP contribution in [0.25, 0.3) is 11.3 Å². The molecule has 1 aliphatic rings. The van der Waals surface area contributed by atoms with Gasteiger partial charge in [0.2, 0.25) is 0 Å².